The Kier molecular flexibility index (Phi) is 3.17. The fraction of sp³-hybridized carbons (Fsp3) is 0. The molecule has 4 heterocycles. The number of para-hydroxylation sites is 3. The zero-order valence-electron chi connectivity index (χ0n) is 18.4. The van der Waals surface area contributed by atoms with Crippen molar-refractivity contribution in [3.05, 3.63) is 97.1 Å². The molecule has 4 heteroatoms. The topological polar surface area (TPSA) is 30.4 Å². The highest BCUT2D eigenvalue weighted by Crippen LogP contribution is 2.43. The van der Waals surface area contributed by atoms with E-state index < -0.39 is 0 Å². The lowest BCUT2D eigenvalue weighted by Gasteiger charge is -2.10. The molecule has 0 saturated carbocycles. The quantitative estimate of drug-likeness (QED) is 0.210. The molecule has 162 valence electrons. The highest BCUT2D eigenvalue weighted by atomic mass is 32.1. The van der Waals surface area contributed by atoms with Crippen molar-refractivity contribution >= 4 is 91.8 Å². The predicted molar refractivity (Wildman–Crippen MR) is 148 cm³/mol. The van der Waals surface area contributed by atoms with Gasteiger partial charge in [0, 0.05) is 41.7 Å². The van der Waals surface area contributed by atoms with Gasteiger partial charge in [0.05, 0.1) is 16.6 Å². The molecule has 0 aliphatic heterocycles. The van der Waals surface area contributed by atoms with Gasteiger partial charge in [-0.3, -0.25) is 4.40 Å². The number of benzene rings is 5. The molecule has 9 aromatic rings. The first-order valence-corrected chi connectivity index (χ1v) is 12.5. The monoisotopic (exact) mass is 464 g/mol. The van der Waals surface area contributed by atoms with Gasteiger partial charge in [0.25, 0.3) is 0 Å². The molecule has 4 aromatic heterocycles. The van der Waals surface area contributed by atoms with E-state index in [-0.39, 0.29) is 0 Å². The van der Waals surface area contributed by atoms with E-state index in [1.807, 2.05) is 23.5 Å². The second kappa shape index (κ2) is 6.17. The number of fused-ring (bicyclic) bond motifs is 15. The van der Waals surface area contributed by atoms with Crippen LogP contribution in [-0.4, -0.2) is 9.38 Å². The summed E-state index contributed by atoms with van der Waals surface area (Å²) in [6.45, 7) is 0. The van der Waals surface area contributed by atoms with Crippen LogP contribution in [0.1, 0.15) is 0 Å². The van der Waals surface area contributed by atoms with Crippen LogP contribution < -0.4 is 0 Å². The lowest BCUT2D eigenvalue weighted by molar-refractivity contribution is 0.669. The van der Waals surface area contributed by atoms with E-state index in [1.165, 1.54) is 36.5 Å². The summed E-state index contributed by atoms with van der Waals surface area (Å²) in [5.41, 5.74) is 6.10. The van der Waals surface area contributed by atoms with Crippen molar-refractivity contribution < 1.29 is 4.42 Å². The Bertz CT molecular complexity index is 2330. The molecule has 0 amide bonds. The van der Waals surface area contributed by atoms with Crippen molar-refractivity contribution in [2.24, 2.45) is 0 Å². The first-order valence-electron chi connectivity index (χ1n) is 11.7. The summed E-state index contributed by atoms with van der Waals surface area (Å²) >= 11 is 1.86. The molecule has 3 nitrogen and oxygen atoms in total. The van der Waals surface area contributed by atoms with Crippen LogP contribution in [0.4, 0.5) is 0 Å². The molecule has 0 radical (unpaired) electrons. The SMILES string of the molecule is c1ccc2c(c1)nc1c3c(ccc4oc5ccccc5c43)c3cc4c(cc3n21)sc1ccccc14. The van der Waals surface area contributed by atoms with Crippen LogP contribution >= 0.6 is 11.3 Å². The van der Waals surface area contributed by atoms with Crippen molar-refractivity contribution in [3.8, 4) is 0 Å². The number of rotatable bonds is 0. The van der Waals surface area contributed by atoms with Gasteiger partial charge in [0.1, 0.15) is 16.8 Å². The van der Waals surface area contributed by atoms with Gasteiger partial charge in [-0.05, 0) is 53.9 Å². The first kappa shape index (κ1) is 18.0. The Balaban J connectivity index is 1.65. The van der Waals surface area contributed by atoms with Gasteiger partial charge in [-0.2, -0.15) is 0 Å². The second-order valence-corrected chi connectivity index (χ2v) is 10.3. The fourth-order valence-corrected chi connectivity index (χ4v) is 6.99. The number of hydrogen-bond acceptors (Lipinski definition) is 3. The summed E-state index contributed by atoms with van der Waals surface area (Å²) in [6.07, 6.45) is 0. The number of nitrogens with zero attached hydrogens (tertiary/aromatic N) is 2. The summed E-state index contributed by atoms with van der Waals surface area (Å²) in [5.74, 6) is 0. The predicted octanol–water partition coefficient (Wildman–Crippen LogP) is 9.06. The zero-order valence-corrected chi connectivity index (χ0v) is 19.3. The molecule has 0 aliphatic rings. The number of imidazole rings is 1. The van der Waals surface area contributed by atoms with Gasteiger partial charge < -0.3 is 4.42 Å². The minimum absolute atomic E-state index is 0.897. The van der Waals surface area contributed by atoms with E-state index >= 15 is 0 Å². The minimum atomic E-state index is 0.897. The molecule has 0 fully saturated rings. The Labute approximate surface area is 202 Å². The molecule has 0 saturated heterocycles. The zero-order chi connectivity index (χ0) is 22.7. The normalized spacial score (nSPS) is 12.6. The van der Waals surface area contributed by atoms with Gasteiger partial charge in [-0.25, -0.2) is 4.98 Å². The third-order valence-corrected chi connectivity index (χ3v) is 8.49. The second-order valence-electron chi connectivity index (χ2n) is 9.18. The lowest BCUT2D eigenvalue weighted by Crippen LogP contribution is -1.92. The van der Waals surface area contributed by atoms with E-state index in [2.05, 4.69) is 89.3 Å². The standard InChI is InChI=1S/C31H16N2OS/c1-5-11-25-19(8-1)29-26(34-25)14-13-18-20-15-21-17-7-2-6-12-27(17)35-28(21)16-24(20)33-23-10-4-3-9-22(23)32-31(33)30(18)29/h1-16H. The van der Waals surface area contributed by atoms with Gasteiger partial charge in [0.15, 0.2) is 0 Å². The highest BCUT2D eigenvalue weighted by Gasteiger charge is 2.20. The lowest BCUT2D eigenvalue weighted by atomic mass is 9.99. The van der Waals surface area contributed by atoms with Crippen LogP contribution in [0.15, 0.2) is 101 Å². The Hall–Kier alpha value is -4.41. The van der Waals surface area contributed by atoms with Crippen LogP contribution in [-0.2, 0) is 0 Å². The van der Waals surface area contributed by atoms with Crippen molar-refractivity contribution in [1.82, 2.24) is 9.38 Å². The van der Waals surface area contributed by atoms with E-state index in [0.29, 0.717) is 0 Å². The molecule has 0 unspecified atom stereocenters. The van der Waals surface area contributed by atoms with Crippen molar-refractivity contribution in [2.75, 3.05) is 0 Å². The molecule has 35 heavy (non-hydrogen) atoms. The van der Waals surface area contributed by atoms with E-state index in [9.17, 15) is 0 Å². The Morgan fingerprint density at radius 3 is 2.37 bits per heavy atom. The summed E-state index contributed by atoms with van der Waals surface area (Å²) in [5, 5.41) is 8.47. The molecular formula is C31H16N2OS. The van der Waals surface area contributed by atoms with E-state index in [0.717, 1.165) is 44.0 Å². The van der Waals surface area contributed by atoms with Gasteiger partial charge in [0.2, 0.25) is 0 Å². The molecular weight excluding hydrogens is 448 g/mol. The van der Waals surface area contributed by atoms with Gasteiger partial charge in [-0.1, -0.05) is 48.5 Å². The molecule has 0 aliphatic carbocycles. The largest absolute Gasteiger partial charge is 0.456 e. The van der Waals surface area contributed by atoms with E-state index in [1.54, 1.807) is 0 Å². The number of hydrogen-bond donors (Lipinski definition) is 0. The molecule has 0 bridgehead atoms. The first-order chi connectivity index (χ1) is 17.3. The number of pyridine rings is 1. The average molecular weight is 465 g/mol. The minimum Gasteiger partial charge on any atom is -0.456 e. The van der Waals surface area contributed by atoms with Crippen LogP contribution in [0.3, 0.4) is 0 Å². The Morgan fingerprint density at radius 2 is 1.40 bits per heavy atom. The van der Waals surface area contributed by atoms with Crippen LogP contribution in [0.2, 0.25) is 0 Å². The smallest absolute Gasteiger partial charge is 0.147 e. The summed E-state index contributed by atoms with van der Waals surface area (Å²) in [4.78, 5) is 5.18. The third kappa shape index (κ3) is 2.18. The average Bonchev–Trinajstić information content (AvgIpc) is 3.58. The van der Waals surface area contributed by atoms with Crippen molar-refractivity contribution in [2.45, 2.75) is 0 Å². The molecule has 0 atom stereocenters. The summed E-state index contributed by atoms with van der Waals surface area (Å²) in [7, 11) is 0. The number of thiophene rings is 1. The highest BCUT2D eigenvalue weighted by molar-refractivity contribution is 7.25. The van der Waals surface area contributed by atoms with Crippen LogP contribution in [0.25, 0.3) is 80.5 Å². The maximum Gasteiger partial charge on any atom is 0.147 e. The number of furan rings is 1. The van der Waals surface area contributed by atoms with Crippen LogP contribution in [0.5, 0.6) is 0 Å². The summed E-state index contributed by atoms with van der Waals surface area (Å²) in [6, 6.07) is 34.5. The third-order valence-electron chi connectivity index (χ3n) is 7.35. The summed E-state index contributed by atoms with van der Waals surface area (Å²) < 4.78 is 11.2. The van der Waals surface area contributed by atoms with Crippen molar-refractivity contribution in [3.63, 3.8) is 0 Å². The van der Waals surface area contributed by atoms with Crippen LogP contribution in [0, 0.1) is 0 Å². The van der Waals surface area contributed by atoms with Gasteiger partial charge in [-0.15, -0.1) is 11.3 Å². The number of aromatic nitrogens is 2. The fourth-order valence-electron chi connectivity index (χ4n) is 5.87. The molecule has 0 spiro atoms. The molecule has 9 rings (SSSR count). The molecule has 0 N–H and O–H groups in total. The molecule has 5 aromatic carbocycles. The van der Waals surface area contributed by atoms with E-state index in [4.69, 9.17) is 9.40 Å². The Morgan fingerprint density at radius 1 is 0.571 bits per heavy atom. The maximum atomic E-state index is 6.28. The maximum absolute atomic E-state index is 6.28. The van der Waals surface area contributed by atoms with Crippen molar-refractivity contribution in [1.29, 1.82) is 0 Å². The van der Waals surface area contributed by atoms with Gasteiger partial charge >= 0.3 is 0 Å².